The van der Waals surface area contributed by atoms with Gasteiger partial charge in [-0.05, 0) is 12.1 Å². The maximum atomic E-state index is 12.9. The first-order chi connectivity index (χ1) is 10.8. The van der Waals surface area contributed by atoms with Crippen molar-refractivity contribution in [3.05, 3.63) is 66.2 Å². The maximum absolute atomic E-state index is 12.9. The number of hydrogen-bond acceptors (Lipinski definition) is 4. The van der Waals surface area contributed by atoms with Crippen LogP contribution in [0.15, 0.2) is 60.7 Å². The molecule has 0 spiro atoms. The number of hydrogen-bond donors (Lipinski definition) is 0. The topological polar surface area (TPSA) is 32.8 Å². The summed E-state index contributed by atoms with van der Waals surface area (Å²) in [4.78, 5) is 20.4. The summed E-state index contributed by atoms with van der Waals surface area (Å²) in [7, 11) is 1.65. The highest BCUT2D eigenvalue weighted by atomic mass is 16.7. The normalized spacial score (nSPS) is 19.1. The zero-order chi connectivity index (χ0) is 15.4. The summed E-state index contributed by atoms with van der Waals surface area (Å²) in [5, 5.41) is 1.85. The zero-order valence-corrected chi connectivity index (χ0v) is 12.7. The number of carbonyl (C=O) groups is 1. The van der Waals surface area contributed by atoms with Gasteiger partial charge in [0.15, 0.2) is 5.78 Å². The predicted molar refractivity (Wildman–Crippen MR) is 86.9 cm³/mol. The van der Waals surface area contributed by atoms with Crippen LogP contribution in [0.4, 0.5) is 5.69 Å². The van der Waals surface area contributed by atoms with Crippen molar-refractivity contribution in [1.29, 1.82) is 0 Å². The van der Waals surface area contributed by atoms with Crippen molar-refractivity contribution in [3.8, 4) is 0 Å². The second kappa shape index (κ2) is 6.73. The van der Waals surface area contributed by atoms with E-state index in [1.165, 1.54) is 0 Å². The van der Waals surface area contributed by atoms with Crippen LogP contribution in [0.5, 0.6) is 0 Å². The fourth-order valence-electron chi connectivity index (χ4n) is 2.87. The molecule has 114 valence electrons. The van der Waals surface area contributed by atoms with Gasteiger partial charge in [-0.2, -0.15) is 5.06 Å². The third kappa shape index (κ3) is 3.03. The van der Waals surface area contributed by atoms with E-state index in [1.54, 1.807) is 7.11 Å². The highest BCUT2D eigenvalue weighted by molar-refractivity contribution is 6.02. The van der Waals surface area contributed by atoms with Gasteiger partial charge in [-0.15, -0.1) is 0 Å². The van der Waals surface area contributed by atoms with Crippen molar-refractivity contribution in [2.75, 3.05) is 31.6 Å². The number of anilines is 1. The minimum atomic E-state index is -0.238. The van der Waals surface area contributed by atoms with Gasteiger partial charge in [-0.25, -0.2) is 0 Å². The van der Waals surface area contributed by atoms with E-state index >= 15 is 0 Å². The van der Waals surface area contributed by atoms with Crippen LogP contribution in [0.1, 0.15) is 10.4 Å². The average molecular weight is 296 g/mol. The number of Topliss-reactive ketones (excluding diaryl/α,β-unsaturated/α-hetero) is 1. The fraction of sp³-hybridized carbons (Fsp3) is 0.278. The van der Waals surface area contributed by atoms with Crippen LogP contribution >= 0.6 is 0 Å². The summed E-state index contributed by atoms with van der Waals surface area (Å²) in [6.45, 7) is 2.12. The molecule has 1 atom stereocenters. The average Bonchev–Trinajstić information content (AvgIpc) is 2.62. The van der Waals surface area contributed by atoms with Crippen molar-refractivity contribution in [3.63, 3.8) is 0 Å². The SMILES string of the molecule is CON1CCN(c2ccccc2)C(C(=O)c2ccccc2)C1. The molecule has 22 heavy (non-hydrogen) atoms. The molecule has 4 nitrogen and oxygen atoms in total. The van der Waals surface area contributed by atoms with Gasteiger partial charge in [0.2, 0.25) is 0 Å². The third-order valence-electron chi connectivity index (χ3n) is 4.05. The number of hydroxylamine groups is 2. The highest BCUT2D eigenvalue weighted by Crippen LogP contribution is 2.22. The molecule has 1 aliphatic rings. The largest absolute Gasteiger partial charge is 0.358 e. The van der Waals surface area contributed by atoms with Crippen LogP contribution in [0, 0.1) is 0 Å². The number of para-hydroxylation sites is 1. The molecule has 1 fully saturated rings. The summed E-state index contributed by atoms with van der Waals surface area (Å²) in [5.41, 5.74) is 1.82. The Morgan fingerprint density at radius 1 is 1.00 bits per heavy atom. The second-order valence-electron chi connectivity index (χ2n) is 5.35. The minimum Gasteiger partial charge on any atom is -0.358 e. The Morgan fingerprint density at radius 3 is 2.27 bits per heavy atom. The van der Waals surface area contributed by atoms with Crippen molar-refractivity contribution in [2.24, 2.45) is 0 Å². The Bertz CT molecular complexity index is 615. The molecule has 0 aromatic heterocycles. The molecule has 1 saturated heterocycles. The zero-order valence-electron chi connectivity index (χ0n) is 12.7. The smallest absolute Gasteiger partial charge is 0.186 e. The summed E-state index contributed by atoms with van der Waals surface area (Å²) < 4.78 is 0. The lowest BCUT2D eigenvalue weighted by Crippen LogP contribution is -2.56. The van der Waals surface area contributed by atoms with Gasteiger partial charge < -0.3 is 9.74 Å². The molecule has 0 bridgehead atoms. The number of rotatable bonds is 4. The summed E-state index contributed by atoms with van der Waals surface area (Å²) in [6.07, 6.45) is 0. The number of piperazine rings is 1. The van der Waals surface area contributed by atoms with E-state index in [1.807, 2.05) is 65.7 Å². The van der Waals surface area contributed by atoms with Crippen molar-refractivity contribution >= 4 is 11.5 Å². The van der Waals surface area contributed by atoms with Gasteiger partial charge in [-0.3, -0.25) is 4.79 Å². The standard InChI is InChI=1S/C18H20N2O2/c1-22-19-12-13-20(16-10-6-3-7-11-16)17(14-19)18(21)15-8-4-2-5-9-15/h2-11,17H,12-14H2,1H3. The number of carbonyl (C=O) groups excluding carboxylic acids is 1. The molecule has 2 aromatic carbocycles. The van der Waals surface area contributed by atoms with Crippen LogP contribution in [0.25, 0.3) is 0 Å². The van der Waals surface area contributed by atoms with Gasteiger partial charge in [-0.1, -0.05) is 48.5 Å². The Labute approximate surface area is 130 Å². The Morgan fingerprint density at radius 2 is 1.64 bits per heavy atom. The van der Waals surface area contributed by atoms with E-state index in [0.29, 0.717) is 6.54 Å². The van der Waals surface area contributed by atoms with Crippen molar-refractivity contribution < 1.29 is 9.63 Å². The summed E-state index contributed by atoms with van der Waals surface area (Å²) in [6, 6.07) is 19.3. The lowest BCUT2D eigenvalue weighted by Gasteiger charge is -2.40. The van der Waals surface area contributed by atoms with Gasteiger partial charge >= 0.3 is 0 Å². The molecule has 0 N–H and O–H groups in total. The Hall–Kier alpha value is -2.17. The molecular weight excluding hydrogens is 276 g/mol. The predicted octanol–water partition coefficient (Wildman–Crippen LogP) is 2.62. The molecule has 3 rings (SSSR count). The first-order valence-corrected chi connectivity index (χ1v) is 7.49. The molecule has 0 saturated carbocycles. The highest BCUT2D eigenvalue weighted by Gasteiger charge is 2.33. The lowest BCUT2D eigenvalue weighted by molar-refractivity contribution is -0.138. The van der Waals surface area contributed by atoms with Gasteiger partial charge in [0.25, 0.3) is 0 Å². The van der Waals surface area contributed by atoms with Crippen molar-refractivity contribution in [2.45, 2.75) is 6.04 Å². The second-order valence-corrected chi connectivity index (χ2v) is 5.35. The summed E-state index contributed by atoms with van der Waals surface area (Å²) in [5.74, 6) is 0.131. The fourth-order valence-corrected chi connectivity index (χ4v) is 2.87. The molecule has 2 aromatic rings. The molecular formula is C18H20N2O2. The van der Waals surface area contributed by atoms with Crippen LogP contribution in [0.3, 0.4) is 0 Å². The summed E-state index contributed by atoms with van der Waals surface area (Å²) >= 11 is 0. The Kier molecular flexibility index (Phi) is 4.51. The maximum Gasteiger partial charge on any atom is 0.186 e. The van der Waals surface area contributed by atoms with Gasteiger partial charge in [0.05, 0.1) is 13.7 Å². The Balaban J connectivity index is 1.90. The molecule has 0 radical (unpaired) electrons. The molecule has 1 aliphatic heterocycles. The lowest BCUT2D eigenvalue weighted by atomic mass is 10.0. The quantitative estimate of drug-likeness (QED) is 0.812. The molecule has 1 heterocycles. The van der Waals surface area contributed by atoms with E-state index in [9.17, 15) is 4.79 Å². The molecule has 4 heteroatoms. The number of nitrogens with zero attached hydrogens (tertiary/aromatic N) is 2. The van der Waals surface area contributed by atoms with Crippen molar-refractivity contribution in [1.82, 2.24) is 5.06 Å². The van der Waals surface area contributed by atoms with E-state index in [0.717, 1.165) is 24.3 Å². The van der Waals surface area contributed by atoms with E-state index in [2.05, 4.69) is 4.90 Å². The van der Waals surface area contributed by atoms with E-state index in [-0.39, 0.29) is 11.8 Å². The minimum absolute atomic E-state index is 0.131. The molecule has 0 aliphatic carbocycles. The number of ketones is 1. The van der Waals surface area contributed by atoms with Gasteiger partial charge in [0.1, 0.15) is 6.04 Å². The molecule has 1 unspecified atom stereocenters. The number of benzene rings is 2. The van der Waals surface area contributed by atoms with Crippen LogP contribution in [-0.2, 0) is 4.84 Å². The first-order valence-electron chi connectivity index (χ1n) is 7.49. The molecule has 0 amide bonds. The van der Waals surface area contributed by atoms with E-state index in [4.69, 9.17) is 4.84 Å². The van der Waals surface area contributed by atoms with E-state index < -0.39 is 0 Å². The third-order valence-corrected chi connectivity index (χ3v) is 4.05. The first kappa shape index (κ1) is 14.8. The monoisotopic (exact) mass is 296 g/mol. The van der Waals surface area contributed by atoms with Crippen LogP contribution in [-0.4, -0.2) is 43.6 Å². The van der Waals surface area contributed by atoms with Crippen LogP contribution in [0.2, 0.25) is 0 Å². The van der Waals surface area contributed by atoms with Gasteiger partial charge in [0, 0.05) is 24.3 Å². The van der Waals surface area contributed by atoms with Crippen LogP contribution < -0.4 is 4.90 Å².